The van der Waals surface area contributed by atoms with Crippen LogP contribution in [0.25, 0.3) is 0 Å². The second-order valence-electron chi connectivity index (χ2n) is 4.91. The minimum Gasteiger partial charge on any atom is -0.309 e. The van der Waals surface area contributed by atoms with E-state index in [0.29, 0.717) is 11.9 Å². The molecule has 1 aliphatic heterocycles. The van der Waals surface area contributed by atoms with Crippen LogP contribution in [0.1, 0.15) is 25.5 Å². The molecule has 0 bridgehead atoms. The first kappa shape index (κ1) is 10.7. The van der Waals surface area contributed by atoms with E-state index in [1.54, 1.807) is 0 Å². The molecule has 1 amide bonds. The van der Waals surface area contributed by atoms with Gasteiger partial charge in [-0.2, -0.15) is 0 Å². The highest BCUT2D eigenvalue weighted by Gasteiger charge is 2.47. The largest absolute Gasteiger partial charge is 0.309 e. The average Bonchev–Trinajstić information content (AvgIpc) is 2.96. The zero-order valence-corrected chi connectivity index (χ0v) is 9.94. The first-order valence-corrected chi connectivity index (χ1v) is 6.29. The van der Waals surface area contributed by atoms with Crippen molar-refractivity contribution in [3.8, 4) is 0 Å². The zero-order chi connectivity index (χ0) is 11.8. The van der Waals surface area contributed by atoms with Crippen molar-refractivity contribution in [1.82, 2.24) is 10.3 Å². The van der Waals surface area contributed by atoms with Crippen molar-refractivity contribution >= 4 is 11.7 Å². The highest BCUT2D eigenvalue weighted by Crippen LogP contribution is 2.40. The molecule has 0 radical (unpaired) electrons. The Kier molecular flexibility index (Phi) is 2.59. The van der Waals surface area contributed by atoms with Gasteiger partial charge in [-0.1, -0.05) is 13.0 Å². The molecule has 17 heavy (non-hydrogen) atoms. The number of anilines is 1. The predicted octanol–water partition coefficient (Wildman–Crippen LogP) is 1.33. The van der Waals surface area contributed by atoms with Gasteiger partial charge < -0.3 is 10.6 Å². The van der Waals surface area contributed by atoms with Gasteiger partial charge in [0.2, 0.25) is 5.91 Å². The third kappa shape index (κ3) is 2.17. The SMILES string of the molecule is CCc1cccc(NC(=O)[C@@H]2CC3C[C@H]3N2)n1. The summed E-state index contributed by atoms with van der Waals surface area (Å²) in [5, 5.41) is 6.22. The molecule has 3 rings (SSSR count). The smallest absolute Gasteiger partial charge is 0.242 e. The summed E-state index contributed by atoms with van der Waals surface area (Å²) in [5.74, 6) is 1.45. The molecular weight excluding hydrogens is 214 g/mol. The monoisotopic (exact) mass is 231 g/mol. The van der Waals surface area contributed by atoms with E-state index in [2.05, 4.69) is 22.5 Å². The Balaban J connectivity index is 1.63. The minimum atomic E-state index is -0.0224. The van der Waals surface area contributed by atoms with Crippen LogP contribution in [0.4, 0.5) is 5.82 Å². The Hall–Kier alpha value is -1.42. The molecule has 0 aromatic carbocycles. The summed E-state index contributed by atoms with van der Waals surface area (Å²) >= 11 is 0. The van der Waals surface area contributed by atoms with Crippen LogP contribution in [0.5, 0.6) is 0 Å². The van der Waals surface area contributed by atoms with Gasteiger partial charge in [0.05, 0.1) is 6.04 Å². The van der Waals surface area contributed by atoms with E-state index >= 15 is 0 Å². The molecule has 2 aliphatic rings. The molecule has 3 atom stereocenters. The van der Waals surface area contributed by atoms with E-state index in [1.165, 1.54) is 6.42 Å². The van der Waals surface area contributed by atoms with Gasteiger partial charge in [-0.3, -0.25) is 4.79 Å². The van der Waals surface area contributed by atoms with Crippen molar-refractivity contribution in [2.45, 2.75) is 38.3 Å². The van der Waals surface area contributed by atoms with Crippen molar-refractivity contribution in [3.05, 3.63) is 23.9 Å². The van der Waals surface area contributed by atoms with Crippen molar-refractivity contribution in [2.24, 2.45) is 5.92 Å². The Morgan fingerprint density at radius 2 is 2.41 bits per heavy atom. The van der Waals surface area contributed by atoms with Crippen LogP contribution >= 0.6 is 0 Å². The lowest BCUT2D eigenvalue weighted by atomic mass is 10.1. The maximum absolute atomic E-state index is 12.0. The molecule has 4 heteroatoms. The summed E-state index contributed by atoms with van der Waals surface area (Å²) in [6.45, 7) is 2.06. The molecule has 1 unspecified atom stereocenters. The van der Waals surface area contributed by atoms with Crippen LogP contribution in [-0.4, -0.2) is 23.0 Å². The first-order valence-electron chi connectivity index (χ1n) is 6.29. The van der Waals surface area contributed by atoms with Crippen molar-refractivity contribution in [3.63, 3.8) is 0 Å². The van der Waals surface area contributed by atoms with Crippen LogP contribution < -0.4 is 10.6 Å². The number of nitrogens with one attached hydrogen (secondary N) is 2. The number of aryl methyl sites for hydroxylation is 1. The van der Waals surface area contributed by atoms with Crippen LogP contribution in [0.2, 0.25) is 0 Å². The van der Waals surface area contributed by atoms with E-state index in [0.717, 1.165) is 24.5 Å². The van der Waals surface area contributed by atoms with Gasteiger partial charge in [0.1, 0.15) is 5.82 Å². The normalized spacial score (nSPS) is 29.8. The Bertz CT molecular complexity index is 436. The number of carbonyl (C=O) groups is 1. The van der Waals surface area contributed by atoms with E-state index in [-0.39, 0.29) is 11.9 Å². The number of hydrogen-bond donors (Lipinski definition) is 2. The van der Waals surface area contributed by atoms with Gasteiger partial charge in [0, 0.05) is 11.7 Å². The van der Waals surface area contributed by atoms with E-state index < -0.39 is 0 Å². The molecule has 2 heterocycles. The molecule has 90 valence electrons. The number of pyridine rings is 1. The Morgan fingerprint density at radius 3 is 3.12 bits per heavy atom. The number of aromatic nitrogens is 1. The highest BCUT2D eigenvalue weighted by molar-refractivity contribution is 5.94. The summed E-state index contributed by atoms with van der Waals surface area (Å²) in [7, 11) is 0. The summed E-state index contributed by atoms with van der Waals surface area (Å²) in [4.78, 5) is 16.3. The zero-order valence-electron chi connectivity index (χ0n) is 9.94. The molecule has 1 aliphatic carbocycles. The van der Waals surface area contributed by atoms with Crippen LogP contribution in [0.15, 0.2) is 18.2 Å². The summed E-state index contributed by atoms with van der Waals surface area (Å²) < 4.78 is 0. The van der Waals surface area contributed by atoms with Crippen molar-refractivity contribution < 1.29 is 4.79 Å². The first-order chi connectivity index (χ1) is 8.26. The average molecular weight is 231 g/mol. The topological polar surface area (TPSA) is 54.0 Å². The number of rotatable bonds is 3. The van der Waals surface area contributed by atoms with Gasteiger partial charge in [-0.05, 0) is 37.3 Å². The molecule has 1 saturated carbocycles. The van der Waals surface area contributed by atoms with Crippen molar-refractivity contribution in [1.29, 1.82) is 0 Å². The fraction of sp³-hybridized carbons (Fsp3) is 0.538. The lowest BCUT2D eigenvalue weighted by Gasteiger charge is -2.13. The standard InChI is InChI=1S/C13H17N3O/c1-2-9-4-3-5-12(14-9)16-13(17)11-7-8-6-10(8)15-11/h3-5,8,10-11,15H,2,6-7H2,1H3,(H,14,16,17)/t8?,10-,11+/m1/s1. The van der Waals surface area contributed by atoms with E-state index in [4.69, 9.17) is 0 Å². The summed E-state index contributed by atoms with van der Waals surface area (Å²) in [5.41, 5.74) is 1.00. The molecule has 2 fully saturated rings. The number of piperidine rings is 1. The molecule has 1 saturated heterocycles. The Labute approximate surface area is 101 Å². The quantitative estimate of drug-likeness (QED) is 0.825. The van der Waals surface area contributed by atoms with Gasteiger partial charge in [-0.25, -0.2) is 4.98 Å². The number of fused-ring (bicyclic) bond motifs is 1. The van der Waals surface area contributed by atoms with Gasteiger partial charge in [0.15, 0.2) is 0 Å². The van der Waals surface area contributed by atoms with Gasteiger partial charge in [-0.15, -0.1) is 0 Å². The maximum Gasteiger partial charge on any atom is 0.242 e. The molecule has 1 aromatic rings. The number of carbonyl (C=O) groups excluding carboxylic acids is 1. The predicted molar refractivity (Wildman–Crippen MR) is 65.7 cm³/mol. The molecule has 0 spiro atoms. The second kappa shape index (κ2) is 4.11. The molecular formula is C13H17N3O. The van der Waals surface area contributed by atoms with Crippen LogP contribution in [0.3, 0.4) is 0 Å². The number of amides is 1. The minimum absolute atomic E-state index is 0.0224. The molecule has 1 aromatic heterocycles. The summed E-state index contributed by atoms with van der Waals surface area (Å²) in [6, 6.07) is 6.32. The molecule has 2 N–H and O–H groups in total. The van der Waals surface area contributed by atoms with E-state index in [1.807, 2.05) is 18.2 Å². The Morgan fingerprint density at radius 1 is 1.53 bits per heavy atom. The lowest BCUT2D eigenvalue weighted by molar-refractivity contribution is -0.118. The number of hydrogen-bond acceptors (Lipinski definition) is 3. The van der Waals surface area contributed by atoms with Gasteiger partial charge >= 0.3 is 0 Å². The second-order valence-corrected chi connectivity index (χ2v) is 4.91. The summed E-state index contributed by atoms with van der Waals surface area (Å²) in [6.07, 6.45) is 3.10. The third-order valence-corrected chi connectivity index (χ3v) is 3.61. The van der Waals surface area contributed by atoms with Gasteiger partial charge in [0.25, 0.3) is 0 Å². The maximum atomic E-state index is 12.0. The van der Waals surface area contributed by atoms with Crippen LogP contribution in [-0.2, 0) is 11.2 Å². The van der Waals surface area contributed by atoms with Crippen LogP contribution in [0, 0.1) is 5.92 Å². The highest BCUT2D eigenvalue weighted by atomic mass is 16.2. The fourth-order valence-electron chi connectivity index (χ4n) is 2.48. The van der Waals surface area contributed by atoms with Crippen molar-refractivity contribution in [2.75, 3.05) is 5.32 Å². The lowest BCUT2D eigenvalue weighted by Crippen LogP contribution is -2.38. The number of nitrogens with zero attached hydrogens (tertiary/aromatic N) is 1. The fourth-order valence-corrected chi connectivity index (χ4v) is 2.48. The molecule has 4 nitrogen and oxygen atoms in total. The van der Waals surface area contributed by atoms with E-state index in [9.17, 15) is 4.79 Å². The third-order valence-electron chi connectivity index (χ3n) is 3.61.